The first-order valence-corrected chi connectivity index (χ1v) is 13.9. The second-order valence-electron chi connectivity index (χ2n) is 11.4. The van der Waals surface area contributed by atoms with Crippen molar-refractivity contribution in [3.05, 3.63) is 64.7 Å². The summed E-state index contributed by atoms with van der Waals surface area (Å²) in [5.74, 6) is -1.97. The number of hydrogen-bond donors (Lipinski definition) is 2. The predicted molar refractivity (Wildman–Crippen MR) is 152 cm³/mol. The number of aliphatic carboxylic acids is 1. The fourth-order valence-corrected chi connectivity index (χ4v) is 5.28. The van der Waals surface area contributed by atoms with E-state index in [0.717, 1.165) is 17.5 Å². The molecule has 0 fully saturated rings. The number of aromatic nitrogens is 5. The van der Waals surface area contributed by atoms with Crippen LogP contribution in [0.15, 0.2) is 30.9 Å². The monoisotopic (exact) mass is 578 g/mol. The summed E-state index contributed by atoms with van der Waals surface area (Å²) in [6, 6.07) is 2.88. The third-order valence-corrected chi connectivity index (χ3v) is 7.15. The van der Waals surface area contributed by atoms with Gasteiger partial charge in [0, 0.05) is 53.9 Å². The lowest BCUT2D eigenvalue weighted by molar-refractivity contribution is -0.160. The highest BCUT2D eigenvalue weighted by Gasteiger charge is 2.34. The highest BCUT2D eigenvalue weighted by molar-refractivity contribution is 5.93. The summed E-state index contributed by atoms with van der Waals surface area (Å²) in [6.45, 7) is 10.3. The summed E-state index contributed by atoms with van der Waals surface area (Å²) in [7, 11) is 0. The fraction of sp³-hybridized carbons (Fsp3) is 0.433. The summed E-state index contributed by atoms with van der Waals surface area (Å²) in [5, 5.41) is 17.7. The van der Waals surface area contributed by atoms with E-state index < -0.39 is 29.4 Å². The van der Waals surface area contributed by atoms with Crippen molar-refractivity contribution >= 4 is 17.5 Å². The summed E-state index contributed by atoms with van der Waals surface area (Å²) < 4.78 is 30.5. The van der Waals surface area contributed by atoms with E-state index in [1.54, 1.807) is 46.3 Å². The molecule has 42 heavy (non-hydrogen) atoms. The summed E-state index contributed by atoms with van der Waals surface area (Å²) in [4.78, 5) is 34.4. The van der Waals surface area contributed by atoms with Crippen LogP contribution in [0.3, 0.4) is 0 Å². The van der Waals surface area contributed by atoms with Gasteiger partial charge in [0.05, 0.1) is 24.2 Å². The van der Waals surface area contributed by atoms with Gasteiger partial charge >= 0.3 is 5.97 Å². The quantitative estimate of drug-likeness (QED) is 0.279. The zero-order valence-corrected chi connectivity index (χ0v) is 24.4. The molecule has 4 heterocycles. The molecule has 11 nitrogen and oxygen atoms in total. The van der Waals surface area contributed by atoms with E-state index in [0.29, 0.717) is 55.1 Å². The number of carbonyl (C=O) groups excluding carboxylic acids is 1. The molecule has 4 aromatic rings. The Kier molecular flexibility index (Phi) is 8.00. The van der Waals surface area contributed by atoms with E-state index in [1.807, 2.05) is 17.7 Å². The topological polar surface area (TPSA) is 133 Å². The van der Waals surface area contributed by atoms with Crippen LogP contribution < -0.4 is 10.1 Å². The number of ether oxygens (including phenoxy) is 2. The van der Waals surface area contributed by atoms with Crippen LogP contribution >= 0.6 is 0 Å². The predicted octanol–water partition coefficient (Wildman–Crippen LogP) is 4.43. The third-order valence-electron chi connectivity index (χ3n) is 7.15. The summed E-state index contributed by atoms with van der Waals surface area (Å²) >= 11 is 0. The van der Waals surface area contributed by atoms with Crippen LogP contribution in [0.1, 0.15) is 72.6 Å². The summed E-state index contributed by atoms with van der Waals surface area (Å²) in [6.07, 6.45) is 5.85. The van der Waals surface area contributed by atoms with E-state index in [1.165, 1.54) is 10.6 Å². The minimum absolute atomic E-state index is 0.103. The van der Waals surface area contributed by atoms with Crippen LogP contribution in [0.4, 0.5) is 4.39 Å². The minimum atomic E-state index is -1.43. The van der Waals surface area contributed by atoms with Crippen LogP contribution in [0.25, 0.3) is 16.9 Å². The van der Waals surface area contributed by atoms with Crippen molar-refractivity contribution in [3.63, 3.8) is 0 Å². The average Bonchev–Trinajstić information content (AvgIpc) is 3.61. The van der Waals surface area contributed by atoms with E-state index in [4.69, 9.17) is 9.47 Å². The lowest BCUT2D eigenvalue weighted by Crippen LogP contribution is -2.29. The molecule has 5 rings (SSSR count). The molecule has 1 aliphatic heterocycles. The Labute approximate surface area is 242 Å². The molecule has 0 spiro atoms. The number of hydrogen-bond acceptors (Lipinski definition) is 7. The number of nitrogens with zero attached hydrogens (tertiary/aromatic N) is 5. The van der Waals surface area contributed by atoms with Gasteiger partial charge < -0.3 is 24.5 Å². The average molecular weight is 579 g/mol. The third kappa shape index (κ3) is 5.85. The Morgan fingerprint density at radius 1 is 1.26 bits per heavy atom. The van der Waals surface area contributed by atoms with Crippen molar-refractivity contribution < 1.29 is 28.6 Å². The molecule has 222 valence electrons. The van der Waals surface area contributed by atoms with Gasteiger partial charge in [-0.3, -0.25) is 4.79 Å². The Hall–Kier alpha value is -4.32. The van der Waals surface area contributed by atoms with Crippen LogP contribution in [0.2, 0.25) is 0 Å². The number of carboxylic acids is 1. The van der Waals surface area contributed by atoms with E-state index >= 15 is 4.39 Å². The van der Waals surface area contributed by atoms with Crippen molar-refractivity contribution in [2.75, 3.05) is 13.2 Å². The molecular formula is C30H35FN6O5. The number of carbonyl (C=O) groups is 2. The highest BCUT2D eigenvalue weighted by Crippen LogP contribution is 2.41. The molecule has 3 aromatic heterocycles. The second kappa shape index (κ2) is 11.5. The number of imidazole rings is 1. The largest absolute Gasteiger partial charge is 0.490 e. The fourth-order valence-electron chi connectivity index (χ4n) is 5.28. The van der Waals surface area contributed by atoms with Crippen molar-refractivity contribution in [2.24, 2.45) is 0 Å². The van der Waals surface area contributed by atoms with Crippen LogP contribution in [-0.2, 0) is 22.5 Å². The molecule has 12 heteroatoms. The van der Waals surface area contributed by atoms with E-state index in [9.17, 15) is 14.7 Å². The number of benzene rings is 1. The first kappa shape index (κ1) is 29.2. The van der Waals surface area contributed by atoms with Crippen LogP contribution in [-0.4, -0.2) is 59.9 Å². The smallest absolute Gasteiger partial charge is 0.337 e. The van der Waals surface area contributed by atoms with Gasteiger partial charge in [0.2, 0.25) is 0 Å². The molecular weight excluding hydrogens is 543 g/mol. The minimum Gasteiger partial charge on any atom is -0.490 e. The van der Waals surface area contributed by atoms with Crippen molar-refractivity contribution in [1.29, 1.82) is 0 Å². The first-order chi connectivity index (χ1) is 19.9. The molecule has 0 saturated heterocycles. The lowest BCUT2D eigenvalue weighted by atomic mass is 9.91. The maximum absolute atomic E-state index is 15.5. The van der Waals surface area contributed by atoms with Crippen molar-refractivity contribution in [2.45, 2.75) is 72.1 Å². The number of halogens is 1. The van der Waals surface area contributed by atoms with Gasteiger partial charge in [-0.25, -0.2) is 23.7 Å². The van der Waals surface area contributed by atoms with Crippen molar-refractivity contribution in [3.8, 4) is 17.0 Å². The van der Waals surface area contributed by atoms with Gasteiger partial charge in [-0.05, 0) is 65.5 Å². The zero-order chi connectivity index (χ0) is 30.2. The molecule has 0 unspecified atom stereocenters. The molecule has 1 atom stereocenters. The molecule has 0 saturated carbocycles. The van der Waals surface area contributed by atoms with Crippen molar-refractivity contribution in [1.82, 2.24) is 29.5 Å². The van der Waals surface area contributed by atoms with Gasteiger partial charge in [-0.15, -0.1) is 0 Å². The second-order valence-corrected chi connectivity index (χ2v) is 11.4. The summed E-state index contributed by atoms with van der Waals surface area (Å²) in [5.41, 5.74) is 2.40. The van der Waals surface area contributed by atoms with Gasteiger partial charge in [-0.2, -0.15) is 5.10 Å². The van der Waals surface area contributed by atoms with Gasteiger partial charge in [0.25, 0.3) is 5.91 Å². The molecule has 0 radical (unpaired) electrons. The maximum atomic E-state index is 15.5. The number of rotatable bonds is 9. The molecule has 1 amide bonds. The standard InChI is InChI=1S/C30H35FN6O5/c1-17-19-8-6-13-41-26(19)21(31)14-20(17)25-24(27(29(39)40)42-30(3,4)5)18(2)34-23-15-22(35-37(23)25)28(38)33-9-7-11-36-12-10-32-16-36/h10,12,14-16,27H,6-9,11,13H2,1-5H3,(H,33,38)(H,39,40)/t27-/m0/s1. The van der Waals surface area contributed by atoms with Crippen LogP contribution in [0, 0.1) is 19.7 Å². The van der Waals surface area contributed by atoms with Gasteiger partial charge in [0.1, 0.15) is 0 Å². The molecule has 0 aliphatic carbocycles. The van der Waals surface area contributed by atoms with Gasteiger partial charge in [-0.1, -0.05) is 0 Å². The number of nitrogens with one attached hydrogen (secondary N) is 1. The Morgan fingerprint density at radius 3 is 2.74 bits per heavy atom. The number of amides is 1. The molecule has 2 N–H and O–H groups in total. The Bertz CT molecular complexity index is 1640. The SMILES string of the molecule is Cc1nc2cc(C(=O)NCCCn3ccnc3)nn2c(-c2cc(F)c3c(c2C)CCCO3)c1[C@H](OC(C)(C)C)C(=O)O. The highest BCUT2D eigenvalue weighted by atomic mass is 19.1. The Morgan fingerprint density at radius 2 is 2.05 bits per heavy atom. The molecule has 1 aliphatic rings. The maximum Gasteiger partial charge on any atom is 0.337 e. The van der Waals surface area contributed by atoms with E-state index in [-0.39, 0.29) is 17.0 Å². The molecule has 1 aromatic carbocycles. The number of aryl methyl sites for hydroxylation is 2. The molecule has 0 bridgehead atoms. The Balaban J connectivity index is 1.63. The number of fused-ring (bicyclic) bond motifs is 2. The van der Waals surface area contributed by atoms with Crippen LogP contribution in [0.5, 0.6) is 5.75 Å². The first-order valence-electron chi connectivity index (χ1n) is 13.9. The number of carboxylic acid groups (broad SMARTS) is 1. The lowest BCUT2D eigenvalue weighted by Gasteiger charge is -2.28. The zero-order valence-electron chi connectivity index (χ0n) is 24.4. The van der Waals surface area contributed by atoms with E-state index in [2.05, 4.69) is 20.4 Å². The van der Waals surface area contributed by atoms with Gasteiger partial charge in [0.15, 0.2) is 29.0 Å². The normalized spacial score (nSPS) is 14.0.